The van der Waals surface area contributed by atoms with E-state index in [9.17, 15) is 19.5 Å². The molecule has 0 saturated carbocycles. The van der Waals surface area contributed by atoms with E-state index in [1.165, 1.54) is 23.1 Å². The minimum absolute atomic E-state index is 0.0450. The number of ether oxygens (including phenoxy) is 1. The molecule has 146 valence electrons. The van der Waals surface area contributed by atoms with Crippen molar-refractivity contribution >= 4 is 29.2 Å². The van der Waals surface area contributed by atoms with Crippen LogP contribution in [-0.4, -0.2) is 35.0 Å². The molecule has 2 aromatic rings. The third-order valence-corrected chi connectivity index (χ3v) is 4.58. The first-order valence-electron chi connectivity index (χ1n) is 8.84. The highest BCUT2D eigenvalue weighted by Gasteiger charge is 2.41. The van der Waals surface area contributed by atoms with Crippen LogP contribution in [-0.2, 0) is 9.59 Å². The third kappa shape index (κ3) is 3.69. The summed E-state index contributed by atoms with van der Waals surface area (Å²) in [5.41, 5.74) is 1.88. The van der Waals surface area contributed by atoms with Crippen molar-refractivity contribution in [2.45, 2.75) is 33.3 Å². The molecule has 2 aromatic carbocycles. The second kappa shape index (κ2) is 6.99. The number of fused-ring (bicyclic) bond motifs is 1. The van der Waals surface area contributed by atoms with Crippen LogP contribution in [0.4, 0.5) is 11.4 Å². The molecule has 28 heavy (non-hydrogen) atoms. The van der Waals surface area contributed by atoms with Crippen LogP contribution in [0.2, 0.25) is 0 Å². The Bertz CT molecular complexity index is 981. The number of aromatic carboxylic acids is 1. The van der Waals surface area contributed by atoms with E-state index in [1.54, 1.807) is 13.8 Å². The Kier molecular flexibility index (Phi) is 4.85. The van der Waals surface area contributed by atoms with Gasteiger partial charge in [0.1, 0.15) is 12.3 Å². The molecule has 1 aliphatic rings. The van der Waals surface area contributed by atoms with Gasteiger partial charge in [-0.15, -0.1) is 0 Å². The molecule has 0 aromatic heterocycles. The molecular formula is C21H22N2O5. The van der Waals surface area contributed by atoms with Crippen LogP contribution in [0.15, 0.2) is 36.4 Å². The number of hydrogen-bond donors (Lipinski definition) is 2. The fourth-order valence-electron chi connectivity index (χ4n) is 3.15. The smallest absolute Gasteiger partial charge is 0.335 e. The van der Waals surface area contributed by atoms with Gasteiger partial charge < -0.3 is 15.2 Å². The van der Waals surface area contributed by atoms with Gasteiger partial charge in [-0.2, -0.15) is 0 Å². The van der Waals surface area contributed by atoms with Gasteiger partial charge in [0.15, 0.2) is 5.60 Å². The second-order valence-corrected chi connectivity index (χ2v) is 7.36. The lowest BCUT2D eigenvalue weighted by Gasteiger charge is -2.38. The molecule has 2 amide bonds. The van der Waals surface area contributed by atoms with E-state index in [-0.39, 0.29) is 29.7 Å². The average Bonchev–Trinajstić information content (AvgIpc) is 2.60. The van der Waals surface area contributed by atoms with Crippen LogP contribution in [0.1, 0.15) is 35.3 Å². The Balaban J connectivity index is 1.89. The normalized spacial score (nSPS) is 14.9. The zero-order valence-electron chi connectivity index (χ0n) is 16.2. The predicted octanol–water partition coefficient (Wildman–Crippen LogP) is 3.14. The van der Waals surface area contributed by atoms with E-state index in [2.05, 4.69) is 5.32 Å². The van der Waals surface area contributed by atoms with Crippen molar-refractivity contribution in [3.63, 3.8) is 0 Å². The van der Waals surface area contributed by atoms with Gasteiger partial charge in [-0.3, -0.25) is 14.5 Å². The zero-order chi connectivity index (χ0) is 20.6. The molecule has 0 bridgehead atoms. The monoisotopic (exact) mass is 382 g/mol. The zero-order valence-corrected chi connectivity index (χ0v) is 16.2. The first-order chi connectivity index (χ1) is 13.1. The highest BCUT2D eigenvalue weighted by molar-refractivity contribution is 6.08. The summed E-state index contributed by atoms with van der Waals surface area (Å²) in [5, 5.41) is 12.0. The number of aryl methyl sites for hydroxylation is 2. The second-order valence-electron chi connectivity index (χ2n) is 7.36. The van der Waals surface area contributed by atoms with Gasteiger partial charge in [-0.1, -0.05) is 17.7 Å². The van der Waals surface area contributed by atoms with E-state index in [0.29, 0.717) is 11.4 Å². The summed E-state index contributed by atoms with van der Waals surface area (Å²) in [5.74, 6) is -1.57. The molecule has 2 N–H and O–H groups in total. The fraction of sp³-hybridized carbons (Fsp3) is 0.286. The number of amides is 2. The topological polar surface area (TPSA) is 95.9 Å². The van der Waals surface area contributed by atoms with Crippen molar-refractivity contribution in [1.29, 1.82) is 0 Å². The van der Waals surface area contributed by atoms with Crippen molar-refractivity contribution in [3.05, 3.63) is 53.1 Å². The Morgan fingerprint density at radius 3 is 2.50 bits per heavy atom. The summed E-state index contributed by atoms with van der Waals surface area (Å²) in [6, 6.07) is 9.90. The van der Waals surface area contributed by atoms with Crippen molar-refractivity contribution in [3.8, 4) is 5.75 Å². The Hall–Kier alpha value is -3.35. The molecule has 0 radical (unpaired) electrons. The van der Waals surface area contributed by atoms with E-state index >= 15 is 0 Å². The lowest BCUT2D eigenvalue weighted by Crippen LogP contribution is -2.54. The van der Waals surface area contributed by atoms with E-state index in [0.717, 1.165) is 11.1 Å². The molecule has 0 saturated heterocycles. The van der Waals surface area contributed by atoms with Gasteiger partial charge in [0.05, 0.1) is 11.3 Å². The number of rotatable bonds is 4. The summed E-state index contributed by atoms with van der Waals surface area (Å²) in [6.07, 6.45) is 0. The lowest BCUT2D eigenvalue weighted by atomic mass is 10.0. The summed E-state index contributed by atoms with van der Waals surface area (Å²) in [6.45, 7) is 6.82. The number of anilines is 2. The molecule has 7 nitrogen and oxygen atoms in total. The van der Waals surface area contributed by atoms with Crippen molar-refractivity contribution in [2.24, 2.45) is 0 Å². The molecule has 3 rings (SSSR count). The SMILES string of the molecule is Cc1ccc(NC(=O)CN2C(=O)C(C)(C)Oc3cc(C(=O)O)ccc32)c(C)c1. The molecule has 7 heteroatoms. The van der Waals surface area contributed by atoms with Gasteiger partial charge in [-0.05, 0) is 57.5 Å². The van der Waals surface area contributed by atoms with E-state index < -0.39 is 11.6 Å². The van der Waals surface area contributed by atoms with Crippen molar-refractivity contribution in [2.75, 3.05) is 16.8 Å². The minimum Gasteiger partial charge on any atom is -0.478 e. The van der Waals surface area contributed by atoms with Crippen LogP contribution >= 0.6 is 0 Å². The number of carbonyl (C=O) groups is 3. The van der Waals surface area contributed by atoms with Crippen LogP contribution in [0, 0.1) is 13.8 Å². The molecular weight excluding hydrogens is 360 g/mol. The Morgan fingerprint density at radius 2 is 1.86 bits per heavy atom. The van der Waals surface area contributed by atoms with Gasteiger partial charge in [-0.25, -0.2) is 4.79 Å². The number of carboxylic acids is 1. The lowest BCUT2D eigenvalue weighted by molar-refractivity contribution is -0.133. The standard InChI is InChI=1S/C21H22N2O5/c1-12-5-7-15(13(2)9-12)22-18(24)11-23-16-8-6-14(19(25)26)10-17(16)28-21(3,4)20(23)27/h5-10H,11H2,1-4H3,(H,22,24)(H,25,26). The Labute approximate surface area is 162 Å². The summed E-state index contributed by atoms with van der Waals surface area (Å²) in [4.78, 5) is 38.0. The number of nitrogens with one attached hydrogen (secondary N) is 1. The van der Waals surface area contributed by atoms with Crippen LogP contribution in [0.5, 0.6) is 5.75 Å². The molecule has 0 atom stereocenters. The molecule has 1 aliphatic heterocycles. The Morgan fingerprint density at radius 1 is 1.14 bits per heavy atom. The minimum atomic E-state index is -1.22. The number of benzene rings is 2. The van der Waals surface area contributed by atoms with Gasteiger partial charge in [0.25, 0.3) is 5.91 Å². The molecule has 0 unspecified atom stereocenters. The maximum Gasteiger partial charge on any atom is 0.335 e. The number of hydrogen-bond acceptors (Lipinski definition) is 4. The van der Waals surface area contributed by atoms with Gasteiger partial charge >= 0.3 is 5.97 Å². The maximum atomic E-state index is 12.8. The van der Waals surface area contributed by atoms with Crippen LogP contribution in [0.3, 0.4) is 0 Å². The van der Waals surface area contributed by atoms with Crippen molar-refractivity contribution in [1.82, 2.24) is 0 Å². The highest BCUT2D eigenvalue weighted by atomic mass is 16.5. The largest absolute Gasteiger partial charge is 0.478 e. The molecule has 0 fully saturated rings. The van der Waals surface area contributed by atoms with Crippen LogP contribution < -0.4 is 15.0 Å². The molecule has 0 spiro atoms. The highest BCUT2D eigenvalue weighted by Crippen LogP contribution is 2.38. The fourth-order valence-corrected chi connectivity index (χ4v) is 3.15. The summed E-state index contributed by atoms with van der Waals surface area (Å²) >= 11 is 0. The number of carbonyl (C=O) groups excluding carboxylic acids is 2. The van der Waals surface area contributed by atoms with E-state index in [1.807, 2.05) is 32.0 Å². The molecule has 0 aliphatic carbocycles. The maximum absolute atomic E-state index is 12.8. The third-order valence-electron chi connectivity index (χ3n) is 4.58. The summed E-state index contributed by atoms with van der Waals surface area (Å²) < 4.78 is 5.70. The van der Waals surface area contributed by atoms with Crippen molar-refractivity contribution < 1.29 is 24.2 Å². The number of carboxylic acid groups (broad SMARTS) is 1. The van der Waals surface area contributed by atoms with E-state index in [4.69, 9.17) is 4.74 Å². The number of nitrogens with zero attached hydrogens (tertiary/aromatic N) is 1. The quantitative estimate of drug-likeness (QED) is 0.847. The van der Waals surface area contributed by atoms with Crippen LogP contribution in [0.25, 0.3) is 0 Å². The summed E-state index contributed by atoms with van der Waals surface area (Å²) in [7, 11) is 0. The molecule has 1 heterocycles. The van der Waals surface area contributed by atoms with Gasteiger partial charge in [0, 0.05) is 5.69 Å². The first kappa shape index (κ1) is 19.4. The first-order valence-corrected chi connectivity index (χ1v) is 8.84. The predicted molar refractivity (Wildman–Crippen MR) is 105 cm³/mol. The average molecular weight is 382 g/mol. The van der Waals surface area contributed by atoms with Gasteiger partial charge in [0.2, 0.25) is 5.91 Å².